The topological polar surface area (TPSA) is 47.6 Å². The molecule has 35 heavy (non-hydrogen) atoms. The molecule has 0 aliphatic carbocycles. The Balaban J connectivity index is 1.72. The van der Waals surface area contributed by atoms with Gasteiger partial charge in [0.05, 0.1) is 23.3 Å². The molecule has 1 aliphatic heterocycles. The number of hydrogen-bond acceptors (Lipinski definition) is 4. The van der Waals surface area contributed by atoms with Crippen molar-refractivity contribution in [2.75, 3.05) is 25.1 Å². The number of halogens is 1. The van der Waals surface area contributed by atoms with Gasteiger partial charge in [-0.25, -0.2) is 0 Å². The number of ether oxygens (including phenoxy) is 2. The molecule has 1 saturated heterocycles. The van der Waals surface area contributed by atoms with Crippen LogP contribution in [-0.2, 0) is 15.9 Å². The molecule has 192 valence electrons. The van der Waals surface area contributed by atoms with Crippen molar-refractivity contribution in [2.24, 2.45) is 0 Å². The Kier molecular flexibility index (Phi) is 11.9. The van der Waals surface area contributed by atoms with E-state index in [1.165, 1.54) is 5.56 Å². The third kappa shape index (κ3) is 8.82. The summed E-state index contributed by atoms with van der Waals surface area (Å²) in [4.78, 5) is 13.1. The van der Waals surface area contributed by atoms with Gasteiger partial charge in [-0.05, 0) is 67.5 Å². The molecule has 1 amide bonds. The smallest absolute Gasteiger partial charge is 0.257 e. The molecular weight excluding hydrogens is 478 g/mol. The maximum atomic E-state index is 13.1. The number of hydrogen-bond donors (Lipinski definition) is 1. The molecule has 3 rings (SSSR count). The summed E-state index contributed by atoms with van der Waals surface area (Å²) >= 11 is 8.41. The van der Waals surface area contributed by atoms with Gasteiger partial charge >= 0.3 is 0 Å². The quantitative estimate of drug-likeness (QED) is 0.273. The van der Waals surface area contributed by atoms with E-state index in [-0.39, 0.29) is 17.3 Å². The number of rotatable bonds is 13. The maximum Gasteiger partial charge on any atom is 0.257 e. The highest BCUT2D eigenvalue weighted by Crippen LogP contribution is 2.44. The molecule has 0 spiro atoms. The van der Waals surface area contributed by atoms with E-state index in [1.807, 2.05) is 48.2 Å². The normalized spacial score (nSPS) is 20.1. The first-order chi connectivity index (χ1) is 17.0. The molecule has 0 saturated carbocycles. The van der Waals surface area contributed by atoms with Crippen molar-refractivity contribution in [3.05, 3.63) is 64.2 Å². The van der Waals surface area contributed by atoms with Crippen LogP contribution in [0, 0.1) is 0 Å². The van der Waals surface area contributed by atoms with Crippen LogP contribution >= 0.6 is 23.4 Å². The van der Waals surface area contributed by atoms with E-state index < -0.39 is 0 Å². The Morgan fingerprint density at radius 3 is 2.49 bits per heavy atom. The van der Waals surface area contributed by atoms with Crippen LogP contribution in [0.25, 0.3) is 0 Å². The highest BCUT2D eigenvalue weighted by molar-refractivity contribution is 8.00. The fourth-order valence-corrected chi connectivity index (χ4v) is 6.02. The molecule has 4 nitrogen and oxygen atoms in total. The third-order valence-corrected chi connectivity index (χ3v) is 8.22. The largest absolute Gasteiger partial charge is 0.380 e. The average molecular weight is 518 g/mol. The molecule has 2 aromatic rings. The summed E-state index contributed by atoms with van der Waals surface area (Å²) in [5.74, 6) is -0.183. The molecule has 1 aliphatic rings. The van der Waals surface area contributed by atoms with Crippen molar-refractivity contribution in [1.82, 2.24) is 0 Å². The number of nitrogens with one attached hydrogen (secondary N) is 1. The van der Waals surface area contributed by atoms with Crippen LogP contribution in [0.1, 0.15) is 86.0 Å². The molecule has 0 bridgehead atoms. The third-order valence-electron chi connectivity index (χ3n) is 6.38. The molecule has 2 aromatic carbocycles. The molecule has 0 aromatic heterocycles. The van der Waals surface area contributed by atoms with Gasteiger partial charge in [0.15, 0.2) is 0 Å². The number of unbranched alkanes of at least 4 members (excludes halogenated alkanes) is 2. The number of benzene rings is 2. The first-order valence-corrected chi connectivity index (χ1v) is 14.4. The Hall–Kier alpha value is -1.53. The van der Waals surface area contributed by atoms with Crippen molar-refractivity contribution in [3.63, 3.8) is 0 Å². The molecule has 6 heteroatoms. The molecule has 1 heterocycles. The molecule has 0 unspecified atom stereocenters. The van der Waals surface area contributed by atoms with Crippen LogP contribution in [0.5, 0.6) is 0 Å². The predicted molar refractivity (Wildman–Crippen MR) is 149 cm³/mol. The lowest BCUT2D eigenvalue weighted by Gasteiger charge is -2.35. The fourth-order valence-electron chi connectivity index (χ4n) is 4.22. The van der Waals surface area contributed by atoms with Crippen molar-refractivity contribution in [2.45, 2.75) is 82.3 Å². The number of carbonyl (C=O) groups excluding carboxylic acids is 1. The van der Waals surface area contributed by atoms with Gasteiger partial charge in [-0.1, -0.05) is 63.4 Å². The summed E-state index contributed by atoms with van der Waals surface area (Å²) in [7, 11) is 0. The van der Waals surface area contributed by atoms with E-state index in [9.17, 15) is 4.79 Å². The van der Waals surface area contributed by atoms with E-state index in [2.05, 4.69) is 32.2 Å². The average Bonchev–Trinajstić information content (AvgIpc) is 2.87. The maximum absolute atomic E-state index is 13.1. The molecular formula is C29H40ClNO3S. The van der Waals surface area contributed by atoms with Crippen molar-refractivity contribution >= 4 is 35.0 Å². The highest BCUT2D eigenvalue weighted by Gasteiger charge is 2.31. The number of aryl methyl sites for hydroxylation is 1. The fraction of sp³-hybridized carbons (Fsp3) is 0.552. The molecule has 1 fully saturated rings. The van der Waals surface area contributed by atoms with Crippen LogP contribution < -0.4 is 5.32 Å². The van der Waals surface area contributed by atoms with Gasteiger partial charge in [-0.3, -0.25) is 4.79 Å². The van der Waals surface area contributed by atoms with Gasteiger partial charge in [0.25, 0.3) is 5.91 Å². The van der Waals surface area contributed by atoms with Crippen LogP contribution in [0.15, 0.2) is 42.5 Å². The van der Waals surface area contributed by atoms with Gasteiger partial charge in [0, 0.05) is 29.4 Å². The lowest BCUT2D eigenvalue weighted by molar-refractivity contribution is 0.0283. The monoisotopic (exact) mass is 517 g/mol. The minimum atomic E-state index is -0.183. The van der Waals surface area contributed by atoms with Crippen molar-refractivity contribution in [3.8, 4) is 0 Å². The van der Waals surface area contributed by atoms with Crippen LogP contribution in [-0.4, -0.2) is 37.1 Å². The van der Waals surface area contributed by atoms with Crippen LogP contribution in [0.2, 0.25) is 5.02 Å². The lowest BCUT2D eigenvalue weighted by Crippen LogP contribution is -2.30. The van der Waals surface area contributed by atoms with Gasteiger partial charge in [-0.2, -0.15) is 0 Å². The van der Waals surface area contributed by atoms with Gasteiger partial charge in [0.1, 0.15) is 0 Å². The predicted octanol–water partition coefficient (Wildman–Crippen LogP) is 8.09. The van der Waals surface area contributed by atoms with Crippen molar-refractivity contribution < 1.29 is 14.3 Å². The zero-order valence-corrected chi connectivity index (χ0v) is 22.9. The standard InChI is InChI=1S/C29H40ClNO3S/c1-4-7-15-33-20-25-18-24(34-16-8-5-2)19-28(35-25)22-11-14-27(30)26(17-22)29(32)31-23-12-9-21(6-3)10-13-23/h9-14,17,24-25,28H,4-8,15-16,18-20H2,1-3H3,(H,31,32)/t24-,25-,28+/m0/s1. The van der Waals surface area contributed by atoms with Crippen LogP contribution in [0.3, 0.4) is 0 Å². The Morgan fingerprint density at radius 2 is 1.77 bits per heavy atom. The summed E-state index contributed by atoms with van der Waals surface area (Å²) < 4.78 is 12.2. The highest BCUT2D eigenvalue weighted by atomic mass is 35.5. The zero-order chi connectivity index (χ0) is 25.0. The van der Waals surface area contributed by atoms with Gasteiger partial charge in [-0.15, -0.1) is 11.8 Å². The Labute approximate surface area is 220 Å². The second-order valence-electron chi connectivity index (χ2n) is 9.24. The van der Waals surface area contributed by atoms with Crippen molar-refractivity contribution in [1.29, 1.82) is 0 Å². The number of thioether (sulfide) groups is 1. The summed E-state index contributed by atoms with van der Waals surface area (Å²) in [6.45, 7) is 8.83. The zero-order valence-electron chi connectivity index (χ0n) is 21.4. The minimum absolute atomic E-state index is 0.183. The molecule has 0 radical (unpaired) electrons. The van der Waals surface area contributed by atoms with Crippen LogP contribution in [0.4, 0.5) is 5.69 Å². The molecule has 1 N–H and O–H groups in total. The van der Waals surface area contributed by atoms with Gasteiger partial charge in [0.2, 0.25) is 0 Å². The Bertz CT molecular complexity index is 921. The number of anilines is 1. The van der Waals surface area contributed by atoms with E-state index in [0.29, 0.717) is 15.8 Å². The number of amides is 1. The van der Waals surface area contributed by atoms with Gasteiger partial charge < -0.3 is 14.8 Å². The Morgan fingerprint density at radius 1 is 1.03 bits per heavy atom. The SMILES string of the molecule is CCCCOC[C@@H]1C[C@H](OCCCC)C[C@H](c2ccc(Cl)c(C(=O)Nc3ccc(CC)cc3)c2)S1. The summed E-state index contributed by atoms with van der Waals surface area (Å²) in [5.41, 5.74) is 3.64. The lowest BCUT2D eigenvalue weighted by atomic mass is 10.00. The first-order valence-electron chi connectivity index (χ1n) is 13.1. The second-order valence-corrected chi connectivity index (χ2v) is 11.2. The second kappa shape index (κ2) is 14.9. The first kappa shape index (κ1) is 28.0. The summed E-state index contributed by atoms with van der Waals surface area (Å²) in [6.07, 6.45) is 7.55. The summed E-state index contributed by atoms with van der Waals surface area (Å²) in [5, 5.41) is 4.08. The van der Waals surface area contributed by atoms with E-state index in [4.69, 9.17) is 21.1 Å². The summed E-state index contributed by atoms with van der Waals surface area (Å²) in [6, 6.07) is 13.8. The van der Waals surface area contributed by atoms with E-state index in [0.717, 1.165) is 76.0 Å². The number of carbonyl (C=O) groups is 1. The van der Waals surface area contributed by atoms with E-state index in [1.54, 1.807) is 0 Å². The molecule has 3 atom stereocenters. The minimum Gasteiger partial charge on any atom is -0.380 e. The van der Waals surface area contributed by atoms with E-state index >= 15 is 0 Å².